The Bertz CT molecular complexity index is 470. The fourth-order valence-corrected chi connectivity index (χ4v) is 1.75. The van der Waals surface area contributed by atoms with Gasteiger partial charge in [0.25, 0.3) is 0 Å². The Morgan fingerprint density at radius 1 is 1.56 bits per heavy atom. The lowest BCUT2D eigenvalue weighted by Gasteiger charge is -2.27. The zero-order chi connectivity index (χ0) is 14.1. The molecule has 0 aromatic rings. The monoisotopic (exact) mass is 289 g/mol. The van der Waals surface area contributed by atoms with Crippen LogP contribution in [-0.4, -0.2) is 36.6 Å². The Morgan fingerprint density at radius 3 is 2.56 bits per heavy atom. The first-order chi connectivity index (χ1) is 8.04. The molecule has 0 fully saturated rings. The van der Waals surface area contributed by atoms with Crippen LogP contribution >= 0.6 is 0 Å². The lowest BCUT2D eigenvalue weighted by molar-refractivity contribution is -0.0538. The molecule has 1 amide bonds. The first kappa shape index (κ1) is 14.6. The van der Waals surface area contributed by atoms with Gasteiger partial charge in [0.15, 0.2) is 0 Å². The van der Waals surface area contributed by atoms with Crippen LogP contribution in [0.2, 0.25) is 0 Å². The highest BCUT2D eigenvalue weighted by Crippen LogP contribution is 2.30. The second-order valence-electron chi connectivity index (χ2n) is 3.69. The highest BCUT2D eigenvalue weighted by atomic mass is 32.2. The summed E-state index contributed by atoms with van der Waals surface area (Å²) in [5.74, 6) is -1.11. The second-order valence-corrected chi connectivity index (χ2v) is 5.23. The predicted octanol–water partition coefficient (Wildman–Crippen LogP) is 1.71. The van der Waals surface area contributed by atoms with Crippen LogP contribution in [0, 0.1) is 5.92 Å². The van der Waals surface area contributed by atoms with Gasteiger partial charge >= 0.3 is 21.7 Å². The smallest absolute Gasteiger partial charge is 0.465 e. The van der Waals surface area contributed by atoms with Gasteiger partial charge in [0.2, 0.25) is 5.88 Å². The minimum absolute atomic E-state index is 0.129. The summed E-state index contributed by atoms with van der Waals surface area (Å²) in [5.41, 5.74) is -5.60. The molecular weight excluding hydrogens is 279 g/mol. The maximum Gasteiger partial charge on any atom is 0.534 e. The number of nitrogens with zero attached hydrogens (tertiary/aromatic N) is 1. The maximum absolute atomic E-state index is 12.1. The SMILES string of the molecule is C[C@@H]1C=C(OS(=O)(=O)C(F)(F)F)N(C(=O)O)CC1. The molecule has 1 N–H and O–H groups in total. The molecule has 0 aromatic heterocycles. The fourth-order valence-electron chi connectivity index (χ4n) is 1.28. The molecule has 6 nitrogen and oxygen atoms in total. The van der Waals surface area contributed by atoms with Gasteiger partial charge in [-0.05, 0) is 18.4 Å². The summed E-state index contributed by atoms with van der Waals surface area (Å²) < 4.78 is 61.7. The van der Waals surface area contributed by atoms with Crippen molar-refractivity contribution in [1.82, 2.24) is 4.90 Å². The minimum atomic E-state index is -5.86. The Hall–Kier alpha value is -1.45. The molecule has 0 aromatic carbocycles. The van der Waals surface area contributed by atoms with E-state index in [-0.39, 0.29) is 12.5 Å². The number of hydrogen-bond donors (Lipinski definition) is 1. The normalized spacial score (nSPS) is 21.4. The third kappa shape index (κ3) is 3.06. The van der Waals surface area contributed by atoms with Gasteiger partial charge in [-0.2, -0.15) is 21.6 Å². The van der Waals surface area contributed by atoms with Crippen molar-refractivity contribution in [2.45, 2.75) is 18.9 Å². The Morgan fingerprint density at radius 2 is 2.11 bits per heavy atom. The number of carbonyl (C=O) groups is 1. The lowest BCUT2D eigenvalue weighted by atomic mass is 10.1. The second kappa shape index (κ2) is 4.67. The number of amides is 1. The number of halogens is 3. The van der Waals surface area contributed by atoms with E-state index in [0.717, 1.165) is 6.08 Å². The highest BCUT2D eigenvalue weighted by molar-refractivity contribution is 7.87. The van der Waals surface area contributed by atoms with Crippen LogP contribution in [0.25, 0.3) is 0 Å². The fraction of sp³-hybridized carbons (Fsp3) is 0.625. The van der Waals surface area contributed by atoms with E-state index in [9.17, 15) is 26.4 Å². The third-order valence-electron chi connectivity index (χ3n) is 2.21. The molecule has 1 heterocycles. The molecule has 0 unspecified atom stereocenters. The number of rotatable bonds is 2. The Kier molecular flexibility index (Phi) is 3.79. The number of carboxylic acid groups (broad SMARTS) is 1. The Balaban J connectivity index is 3.03. The molecule has 10 heteroatoms. The van der Waals surface area contributed by atoms with Crippen molar-refractivity contribution in [3.05, 3.63) is 12.0 Å². The molecule has 1 rings (SSSR count). The molecule has 0 bridgehead atoms. The Labute approximate surface area is 101 Å². The first-order valence-electron chi connectivity index (χ1n) is 4.77. The quantitative estimate of drug-likeness (QED) is 0.618. The molecule has 1 atom stereocenters. The van der Waals surface area contributed by atoms with E-state index in [4.69, 9.17) is 5.11 Å². The van der Waals surface area contributed by atoms with E-state index in [1.54, 1.807) is 6.92 Å². The van der Waals surface area contributed by atoms with E-state index in [1.165, 1.54) is 0 Å². The molecule has 0 aliphatic carbocycles. The molecule has 18 heavy (non-hydrogen) atoms. The molecule has 1 aliphatic rings. The molecule has 0 saturated carbocycles. The summed E-state index contributed by atoms with van der Waals surface area (Å²) in [5, 5.41) is 8.72. The lowest BCUT2D eigenvalue weighted by Crippen LogP contribution is -2.37. The summed E-state index contributed by atoms with van der Waals surface area (Å²) in [6, 6.07) is 0. The third-order valence-corrected chi connectivity index (χ3v) is 3.17. The van der Waals surface area contributed by atoms with Crippen LogP contribution in [0.1, 0.15) is 13.3 Å². The van der Waals surface area contributed by atoms with Crippen LogP contribution in [0.4, 0.5) is 18.0 Å². The van der Waals surface area contributed by atoms with Crippen LogP contribution in [0.15, 0.2) is 12.0 Å². The highest BCUT2D eigenvalue weighted by Gasteiger charge is 2.49. The molecule has 0 spiro atoms. The van der Waals surface area contributed by atoms with Crippen LogP contribution in [-0.2, 0) is 14.3 Å². The largest absolute Gasteiger partial charge is 0.534 e. The van der Waals surface area contributed by atoms with Gasteiger partial charge in [0.1, 0.15) is 0 Å². The first-order valence-corrected chi connectivity index (χ1v) is 6.18. The molecule has 0 radical (unpaired) electrons. The summed E-state index contributed by atoms with van der Waals surface area (Å²) >= 11 is 0. The minimum Gasteiger partial charge on any atom is -0.465 e. The summed E-state index contributed by atoms with van der Waals surface area (Å²) in [7, 11) is -5.86. The number of allylic oxidation sites excluding steroid dienone is 1. The maximum atomic E-state index is 12.1. The van der Waals surface area contributed by atoms with Gasteiger partial charge < -0.3 is 9.29 Å². The summed E-state index contributed by atoms with van der Waals surface area (Å²) in [6.45, 7) is 1.47. The van der Waals surface area contributed by atoms with E-state index in [0.29, 0.717) is 11.3 Å². The van der Waals surface area contributed by atoms with E-state index >= 15 is 0 Å². The van der Waals surface area contributed by atoms with Crippen molar-refractivity contribution in [1.29, 1.82) is 0 Å². The molecule has 1 aliphatic heterocycles. The zero-order valence-electron chi connectivity index (χ0n) is 9.14. The van der Waals surface area contributed by atoms with Crippen LogP contribution < -0.4 is 0 Å². The zero-order valence-corrected chi connectivity index (χ0v) is 9.95. The van der Waals surface area contributed by atoms with E-state index < -0.39 is 27.6 Å². The van der Waals surface area contributed by atoms with Gasteiger partial charge in [-0.25, -0.2) is 9.69 Å². The van der Waals surface area contributed by atoms with Gasteiger partial charge in [-0.15, -0.1) is 0 Å². The van der Waals surface area contributed by atoms with Gasteiger partial charge in [0.05, 0.1) is 0 Å². The van der Waals surface area contributed by atoms with Gasteiger partial charge in [-0.1, -0.05) is 6.92 Å². The standard InChI is InChI=1S/C8H10F3NO5S/c1-5-2-3-12(7(13)14)6(4-5)17-18(15,16)8(9,10)11/h4-5H,2-3H2,1H3,(H,13,14)/t5-/m0/s1. The van der Waals surface area contributed by atoms with Crippen molar-refractivity contribution in [3.63, 3.8) is 0 Å². The van der Waals surface area contributed by atoms with Crippen LogP contribution in [0.5, 0.6) is 0 Å². The van der Waals surface area contributed by atoms with Gasteiger partial charge in [-0.3, -0.25) is 0 Å². The van der Waals surface area contributed by atoms with Crippen molar-refractivity contribution in [2.24, 2.45) is 5.92 Å². The van der Waals surface area contributed by atoms with Crippen LogP contribution in [0.3, 0.4) is 0 Å². The van der Waals surface area contributed by atoms with Crippen molar-refractivity contribution < 1.29 is 35.7 Å². The molecule has 104 valence electrons. The van der Waals surface area contributed by atoms with Crippen molar-refractivity contribution in [2.75, 3.05) is 6.54 Å². The summed E-state index contributed by atoms with van der Waals surface area (Å²) in [6.07, 6.45) is -0.183. The molecule has 0 saturated heterocycles. The summed E-state index contributed by atoms with van der Waals surface area (Å²) in [4.78, 5) is 11.2. The molecular formula is C8H10F3NO5S. The average Bonchev–Trinajstić information content (AvgIpc) is 2.14. The predicted molar refractivity (Wildman–Crippen MR) is 52.7 cm³/mol. The van der Waals surface area contributed by atoms with E-state index in [1.807, 2.05) is 0 Å². The topological polar surface area (TPSA) is 83.9 Å². The van der Waals surface area contributed by atoms with E-state index in [2.05, 4.69) is 4.18 Å². The van der Waals surface area contributed by atoms with Gasteiger partial charge in [0, 0.05) is 6.54 Å². The number of hydrogen-bond acceptors (Lipinski definition) is 4. The number of alkyl halides is 3. The van der Waals surface area contributed by atoms with Crippen molar-refractivity contribution >= 4 is 16.2 Å². The van der Waals surface area contributed by atoms with Crippen molar-refractivity contribution in [3.8, 4) is 0 Å². The average molecular weight is 289 g/mol.